The smallest absolute Gasteiger partial charge is 0.320 e. The fourth-order valence-corrected chi connectivity index (χ4v) is 3.55. The number of amides is 2. The van der Waals surface area contributed by atoms with E-state index < -0.39 is 0 Å². The lowest BCUT2D eigenvalue weighted by molar-refractivity contribution is 0.164. The molecule has 4 heterocycles. The molecule has 9 heteroatoms. The van der Waals surface area contributed by atoms with E-state index in [2.05, 4.69) is 25.4 Å². The minimum absolute atomic E-state index is 0.153. The predicted molar refractivity (Wildman–Crippen MR) is 93.6 cm³/mol. The molecular weight excluding hydrogens is 334 g/mol. The molecule has 2 aromatic heterocycles. The number of anilines is 1. The van der Waals surface area contributed by atoms with Gasteiger partial charge >= 0.3 is 6.03 Å². The topological polar surface area (TPSA) is 100 Å². The van der Waals surface area contributed by atoms with Crippen molar-refractivity contribution in [1.29, 1.82) is 0 Å². The Morgan fingerprint density at radius 1 is 1.15 bits per heavy atom. The number of urea groups is 1. The van der Waals surface area contributed by atoms with Gasteiger partial charge in [-0.1, -0.05) is 5.16 Å². The Hall–Kier alpha value is -2.71. The van der Waals surface area contributed by atoms with E-state index in [-0.39, 0.29) is 6.03 Å². The molecule has 26 heavy (non-hydrogen) atoms. The molecular formula is C17H23N7O2. The molecule has 0 radical (unpaired) electrons. The average Bonchev–Trinajstić information content (AvgIpc) is 3.27. The maximum atomic E-state index is 12.7. The first-order valence-electron chi connectivity index (χ1n) is 9.10. The largest absolute Gasteiger partial charge is 0.362 e. The molecule has 1 N–H and O–H groups in total. The summed E-state index contributed by atoms with van der Waals surface area (Å²) in [5.74, 6) is 1.92. The normalized spacial score (nSPS) is 17.1. The van der Waals surface area contributed by atoms with Crippen LogP contribution in [0.4, 0.5) is 10.6 Å². The molecule has 1 fully saturated rings. The summed E-state index contributed by atoms with van der Waals surface area (Å²) in [6.45, 7) is 5.34. The summed E-state index contributed by atoms with van der Waals surface area (Å²) >= 11 is 0. The molecule has 0 aliphatic carbocycles. The van der Waals surface area contributed by atoms with Gasteiger partial charge in [0.1, 0.15) is 12.1 Å². The number of hydrogen-bond acceptors (Lipinski definition) is 7. The van der Waals surface area contributed by atoms with Gasteiger partial charge in [-0.25, -0.2) is 14.8 Å². The highest BCUT2D eigenvalue weighted by Gasteiger charge is 2.26. The third-order valence-electron chi connectivity index (χ3n) is 4.92. The van der Waals surface area contributed by atoms with E-state index in [1.54, 1.807) is 13.3 Å². The zero-order valence-corrected chi connectivity index (χ0v) is 14.9. The van der Waals surface area contributed by atoms with Crippen LogP contribution >= 0.6 is 0 Å². The van der Waals surface area contributed by atoms with E-state index in [1.165, 1.54) is 0 Å². The number of likely N-dealkylation sites (tertiary alicyclic amines) is 1. The second kappa shape index (κ2) is 7.27. The van der Waals surface area contributed by atoms with Crippen LogP contribution in [0.3, 0.4) is 0 Å². The maximum absolute atomic E-state index is 12.7. The first-order chi connectivity index (χ1) is 12.7. The zero-order chi connectivity index (χ0) is 17.9. The van der Waals surface area contributed by atoms with Crippen LogP contribution in [0.15, 0.2) is 10.9 Å². The standard InChI is InChI=1S/C17H23N7O2/c1-12-21-15(22-26-12)10-18-16-13-4-8-24(9-5-14(13)19-11-20-16)17(25)23-6-2-3-7-23/h11H,2-10H2,1H3,(H,18,19,20). The van der Waals surface area contributed by atoms with Crippen LogP contribution in [-0.4, -0.2) is 62.1 Å². The maximum Gasteiger partial charge on any atom is 0.320 e. The molecule has 9 nitrogen and oxygen atoms in total. The van der Waals surface area contributed by atoms with Crippen LogP contribution in [0.25, 0.3) is 0 Å². The molecule has 0 atom stereocenters. The molecule has 2 aliphatic heterocycles. The molecule has 0 saturated carbocycles. The number of aromatic nitrogens is 4. The molecule has 2 aliphatic rings. The van der Waals surface area contributed by atoms with E-state index >= 15 is 0 Å². The van der Waals surface area contributed by atoms with Crippen molar-refractivity contribution in [2.24, 2.45) is 0 Å². The Labute approximate surface area is 151 Å². The number of carbonyl (C=O) groups excluding carboxylic acids is 1. The Morgan fingerprint density at radius 3 is 2.69 bits per heavy atom. The van der Waals surface area contributed by atoms with Crippen LogP contribution in [-0.2, 0) is 19.4 Å². The molecule has 0 spiro atoms. The first-order valence-corrected chi connectivity index (χ1v) is 9.10. The number of fused-ring (bicyclic) bond motifs is 1. The Bertz CT molecular complexity index is 785. The Kier molecular flexibility index (Phi) is 4.68. The minimum Gasteiger partial charge on any atom is -0.362 e. The summed E-state index contributed by atoms with van der Waals surface area (Å²) < 4.78 is 4.99. The van der Waals surface area contributed by atoms with Gasteiger partial charge in [0.15, 0.2) is 5.82 Å². The van der Waals surface area contributed by atoms with Crippen molar-refractivity contribution in [2.75, 3.05) is 31.5 Å². The third kappa shape index (κ3) is 3.47. The summed E-state index contributed by atoms with van der Waals surface area (Å²) in [7, 11) is 0. The number of nitrogens with one attached hydrogen (secondary N) is 1. The molecule has 0 bridgehead atoms. The molecule has 1 saturated heterocycles. The van der Waals surface area contributed by atoms with Crippen molar-refractivity contribution in [3.8, 4) is 0 Å². The van der Waals surface area contributed by atoms with Crippen molar-refractivity contribution in [3.63, 3.8) is 0 Å². The van der Waals surface area contributed by atoms with Crippen molar-refractivity contribution in [1.82, 2.24) is 29.9 Å². The van der Waals surface area contributed by atoms with Gasteiger partial charge in [0, 0.05) is 45.1 Å². The summed E-state index contributed by atoms with van der Waals surface area (Å²) in [6, 6.07) is 0.153. The van der Waals surface area contributed by atoms with Crippen LogP contribution < -0.4 is 5.32 Å². The molecule has 4 rings (SSSR count). The lowest BCUT2D eigenvalue weighted by Crippen LogP contribution is -2.42. The van der Waals surface area contributed by atoms with Gasteiger partial charge in [-0.3, -0.25) is 0 Å². The van der Waals surface area contributed by atoms with Crippen LogP contribution in [0.2, 0.25) is 0 Å². The van der Waals surface area contributed by atoms with E-state index in [1.807, 2.05) is 9.80 Å². The SMILES string of the molecule is Cc1nc(CNc2ncnc3c2CCN(C(=O)N2CCCC2)CC3)no1. The van der Waals surface area contributed by atoms with E-state index in [0.717, 1.165) is 55.8 Å². The zero-order valence-electron chi connectivity index (χ0n) is 14.9. The molecule has 0 unspecified atom stereocenters. The number of rotatable bonds is 3. The summed E-state index contributed by atoms with van der Waals surface area (Å²) in [5.41, 5.74) is 2.08. The number of aryl methyl sites for hydroxylation is 1. The molecule has 2 amide bonds. The lowest BCUT2D eigenvalue weighted by Gasteiger charge is -2.26. The molecule has 138 valence electrons. The van der Waals surface area contributed by atoms with E-state index in [4.69, 9.17) is 4.52 Å². The second-order valence-corrected chi connectivity index (χ2v) is 6.69. The van der Waals surface area contributed by atoms with E-state index in [0.29, 0.717) is 31.3 Å². The average molecular weight is 357 g/mol. The van der Waals surface area contributed by atoms with Gasteiger partial charge in [0.25, 0.3) is 0 Å². The van der Waals surface area contributed by atoms with Crippen molar-refractivity contribution >= 4 is 11.8 Å². The predicted octanol–water partition coefficient (Wildman–Crippen LogP) is 1.40. The highest BCUT2D eigenvalue weighted by molar-refractivity contribution is 5.75. The summed E-state index contributed by atoms with van der Waals surface area (Å²) in [4.78, 5) is 29.6. The van der Waals surface area contributed by atoms with Gasteiger partial charge in [-0.15, -0.1) is 0 Å². The van der Waals surface area contributed by atoms with Crippen LogP contribution in [0.1, 0.15) is 35.8 Å². The monoisotopic (exact) mass is 357 g/mol. The minimum atomic E-state index is 0.153. The van der Waals surface area contributed by atoms with Gasteiger partial charge in [0.2, 0.25) is 5.89 Å². The summed E-state index contributed by atoms with van der Waals surface area (Å²) in [6.07, 6.45) is 5.27. The van der Waals surface area contributed by atoms with Crippen molar-refractivity contribution < 1.29 is 9.32 Å². The molecule has 0 aromatic carbocycles. The van der Waals surface area contributed by atoms with Gasteiger partial charge in [-0.05, 0) is 19.3 Å². The number of carbonyl (C=O) groups is 1. The van der Waals surface area contributed by atoms with E-state index in [9.17, 15) is 4.79 Å². The highest BCUT2D eigenvalue weighted by Crippen LogP contribution is 2.22. The molecule has 2 aromatic rings. The summed E-state index contributed by atoms with van der Waals surface area (Å²) in [5, 5.41) is 7.17. The number of hydrogen-bond donors (Lipinski definition) is 1. The van der Waals surface area contributed by atoms with Crippen molar-refractivity contribution in [2.45, 2.75) is 39.2 Å². The third-order valence-corrected chi connectivity index (χ3v) is 4.92. The van der Waals surface area contributed by atoms with Gasteiger partial charge in [-0.2, -0.15) is 4.98 Å². The van der Waals surface area contributed by atoms with Crippen LogP contribution in [0.5, 0.6) is 0 Å². The highest BCUT2D eigenvalue weighted by atomic mass is 16.5. The lowest BCUT2D eigenvalue weighted by atomic mass is 10.1. The quantitative estimate of drug-likeness (QED) is 0.886. The van der Waals surface area contributed by atoms with Gasteiger partial charge in [0.05, 0.1) is 12.2 Å². The first kappa shape index (κ1) is 16.7. The van der Waals surface area contributed by atoms with Crippen LogP contribution in [0, 0.1) is 6.92 Å². The number of nitrogens with zero attached hydrogens (tertiary/aromatic N) is 6. The Morgan fingerprint density at radius 2 is 1.92 bits per heavy atom. The second-order valence-electron chi connectivity index (χ2n) is 6.69. The van der Waals surface area contributed by atoms with Gasteiger partial charge < -0.3 is 19.6 Å². The fraction of sp³-hybridized carbons (Fsp3) is 0.588. The van der Waals surface area contributed by atoms with Crippen molar-refractivity contribution in [3.05, 3.63) is 29.3 Å². The fourth-order valence-electron chi connectivity index (χ4n) is 3.55. The Balaban J connectivity index is 1.44.